The van der Waals surface area contributed by atoms with Crippen molar-refractivity contribution in [3.8, 4) is 5.75 Å². The van der Waals surface area contributed by atoms with Gasteiger partial charge < -0.3 is 14.4 Å². The molecule has 0 aliphatic carbocycles. The Morgan fingerprint density at radius 1 is 1.10 bits per heavy atom. The number of amides is 1. The maximum Gasteiger partial charge on any atom is 0.338 e. The molecule has 3 heterocycles. The fraction of sp³-hybridized carbons (Fsp3) is 0.310. The number of para-hydroxylation sites is 1. The van der Waals surface area contributed by atoms with Crippen LogP contribution in [0.5, 0.6) is 5.75 Å². The van der Waals surface area contributed by atoms with Crippen LogP contribution in [-0.4, -0.2) is 35.7 Å². The van der Waals surface area contributed by atoms with E-state index in [-0.39, 0.29) is 28.2 Å². The summed E-state index contributed by atoms with van der Waals surface area (Å²) < 4.78 is 13.8. The minimum Gasteiger partial charge on any atom is -0.496 e. The van der Waals surface area contributed by atoms with E-state index >= 15 is 0 Å². The summed E-state index contributed by atoms with van der Waals surface area (Å²) in [6.07, 6.45) is -0.371. The van der Waals surface area contributed by atoms with E-state index in [9.17, 15) is 14.4 Å². The summed E-state index contributed by atoms with van der Waals surface area (Å²) in [5.41, 5.74) is 2.68. The van der Waals surface area contributed by atoms with Gasteiger partial charge in [-0.2, -0.15) is 0 Å². The lowest BCUT2D eigenvalue weighted by molar-refractivity contribution is -0.143. The number of hydrogen-bond acceptors (Lipinski definition) is 7. The summed E-state index contributed by atoms with van der Waals surface area (Å²) in [6, 6.07) is 11.9. The van der Waals surface area contributed by atoms with Gasteiger partial charge in [0.1, 0.15) is 16.3 Å². The van der Waals surface area contributed by atoms with Gasteiger partial charge in [-0.15, -0.1) is 0 Å². The molecule has 0 bridgehead atoms. The normalized spacial score (nSPS) is 17.9. The summed E-state index contributed by atoms with van der Waals surface area (Å²) in [6.45, 7) is 9.14. The largest absolute Gasteiger partial charge is 0.496 e. The third kappa shape index (κ3) is 4.45. The van der Waals surface area contributed by atoms with Crippen molar-refractivity contribution in [1.82, 2.24) is 4.57 Å². The molecule has 1 amide bonds. The molecule has 0 N–H and O–H groups in total. The first kappa shape index (κ1) is 27.1. The second kappa shape index (κ2) is 10.2. The maximum absolute atomic E-state index is 14.3. The van der Waals surface area contributed by atoms with Crippen LogP contribution in [-0.2, 0) is 14.3 Å². The lowest BCUT2D eigenvalue weighted by Gasteiger charge is -2.26. The molecule has 0 saturated heterocycles. The van der Waals surface area contributed by atoms with Crippen LogP contribution in [0.1, 0.15) is 51.8 Å². The number of nitrogens with zero attached hydrogens (tertiary/aromatic N) is 3. The third-order valence-corrected chi connectivity index (χ3v) is 8.20. The number of aromatic nitrogens is 1. The minimum atomic E-state index is -0.873. The zero-order valence-corrected chi connectivity index (χ0v) is 24.8. The van der Waals surface area contributed by atoms with Gasteiger partial charge in [0.05, 0.1) is 35.7 Å². The number of hydrogen-bond donors (Lipinski definition) is 0. The molecule has 0 radical (unpaired) electrons. The molecule has 202 valence electrons. The first-order chi connectivity index (χ1) is 18.5. The first-order valence-corrected chi connectivity index (χ1v) is 14.2. The molecule has 2 aromatic carbocycles. The maximum atomic E-state index is 14.3. The summed E-state index contributed by atoms with van der Waals surface area (Å²) in [7, 11) is 1.54. The number of anilines is 1. The molecule has 5 rings (SSSR count). The second-order valence-electron chi connectivity index (χ2n) is 9.90. The Labute approximate surface area is 238 Å². The highest BCUT2D eigenvalue weighted by Gasteiger charge is 2.39. The molecule has 3 aromatic rings. The van der Waals surface area contributed by atoms with Crippen LogP contribution in [0.25, 0.3) is 5.57 Å². The highest BCUT2D eigenvalue weighted by molar-refractivity contribution is 9.10. The molecule has 39 heavy (non-hydrogen) atoms. The third-order valence-electron chi connectivity index (χ3n) is 6.66. The Kier molecular flexibility index (Phi) is 7.11. The number of esters is 1. The molecule has 2 aliphatic rings. The SMILES string of the molecule is COc1ccc(Br)cc1[C@H]1C(C(=O)OC(C)C)=C(C)N=c2s/c(=C3\C(=O)N(C(C)C)c4ccccc43)c(=O)n21. The molecular formula is C29H28BrN3O5S. The summed E-state index contributed by atoms with van der Waals surface area (Å²) >= 11 is 4.67. The summed E-state index contributed by atoms with van der Waals surface area (Å²) in [5.74, 6) is -0.299. The van der Waals surface area contributed by atoms with E-state index in [4.69, 9.17) is 9.47 Å². The Balaban J connectivity index is 1.86. The molecule has 0 spiro atoms. The van der Waals surface area contributed by atoms with Gasteiger partial charge in [0.2, 0.25) is 0 Å². The van der Waals surface area contributed by atoms with Gasteiger partial charge >= 0.3 is 5.97 Å². The fourth-order valence-electron chi connectivity index (χ4n) is 5.10. The average molecular weight is 611 g/mol. The Hall–Kier alpha value is -3.50. The van der Waals surface area contributed by atoms with Crippen LogP contribution in [0.3, 0.4) is 0 Å². The van der Waals surface area contributed by atoms with Gasteiger partial charge in [0, 0.05) is 21.6 Å². The van der Waals surface area contributed by atoms with Crippen molar-refractivity contribution in [2.24, 2.45) is 4.99 Å². The van der Waals surface area contributed by atoms with Crippen LogP contribution in [0.4, 0.5) is 5.69 Å². The quantitative estimate of drug-likeness (QED) is 0.407. The van der Waals surface area contributed by atoms with E-state index < -0.39 is 17.6 Å². The minimum absolute atomic E-state index is 0.0989. The number of fused-ring (bicyclic) bond motifs is 2. The standard InChI is InChI=1S/C29H28BrN3O5S/c1-14(2)32-20-10-8-7-9-18(20)23(26(32)34)25-27(35)33-24(19-13-17(30)11-12-21(19)37-6)22(28(36)38-15(3)4)16(5)31-29(33)39-25/h7-15,24H,1-6H3/b25-23-/t24-/m0/s1. The van der Waals surface area contributed by atoms with Crippen molar-refractivity contribution < 1.29 is 19.1 Å². The fourth-order valence-corrected chi connectivity index (χ4v) is 6.61. The number of rotatable bonds is 5. The van der Waals surface area contributed by atoms with Crippen molar-refractivity contribution in [2.75, 3.05) is 12.0 Å². The van der Waals surface area contributed by atoms with Crippen LogP contribution in [0.15, 0.2) is 68.0 Å². The van der Waals surface area contributed by atoms with E-state index in [0.717, 1.165) is 21.5 Å². The smallest absolute Gasteiger partial charge is 0.338 e. The van der Waals surface area contributed by atoms with Crippen molar-refractivity contribution >= 4 is 50.4 Å². The second-order valence-corrected chi connectivity index (χ2v) is 11.8. The molecule has 0 unspecified atom stereocenters. The highest BCUT2D eigenvalue weighted by Crippen LogP contribution is 2.39. The lowest BCUT2D eigenvalue weighted by atomic mass is 9.95. The molecule has 1 atom stereocenters. The predicted molar refractivity (Wildman–Crippen MR) is 154 cm³/mol. The Bertz CT molecular complexity index is 1730. The predicted octanol–water partition coefficient (Wildman–Crippen LogP) is 4.08. The lowest BCUT2D eigenvalue weighted by Crippen LogP contribution is -2.41. The van der Waals surface area contributed by atoms with Crippen LogP contribution >= 0.6 is 27.3 Å². The van der Waals surface area contributed by atoms with Gasteiger partial charge in [-0.25, -0.2) is 9.79 Å². The van der Waals surface area contributed by atoms with Crippen LogP contribution in [0, 0.1) is 0 Å². The number of thiazole rings is 1. The average Bonchev–Trinajstić information content (AvgIpc) is 3.34. The number of allylic oxidation sites excluding steroid dienone is 1. The number of carbonyl (C=O) groups is 2. The van der Waals surface area contributed by atoms with Crippen molar-refractivity contribution in [2.45, 2.75) is 52.8 Å². The molecule has 0 saturated carbocycles. The molecule has 0 fully saturated rings. The van der Waals surface area contributed by atoms with Crippen molar-refractivity contribution in [3.63, 3.8) is 0 Å². The van der Waals surface area contributed by atoms with Crippen LogP contribution < -0.4 is 24.5 Å². The van der Waals surface area contributed by atoms with Gasteiger partial charge in [0.25, 0.3) is 11.5 Å². The van der Waals surface area contributed by atoms with E-state index in [1.54, 1.807) is 31.7 Å². The topological polar surface area (TPSA) is 90.2 Å². The number of carbonyl (C=O) groups excluding carboxylic acids is 2. The molecule has 8 nitrogen and oxygen atoms in total. The number of benzene rings is 2. The van der Waals surface area contributed by atoms with Gasteiger partial charge in [-0.3, -0.25) is 14.2 Å². The van der Waals surface area contributed by atoms with E-state index in [2.05, 4.69) is 20.9 Å². The Morgan fingerprint density at radius 2 is 1.82 bits per heavy atom. The van der Waals surface area contributed by atoms with Crippen molar-refractivity contribution in [3.05, 3.63) is 89.0 Å². The monoisotopic (exact) mass is 609 g/mol. The first-order valence-electron chi connectivity index (χ1n) is 12.6. The van der Waals surface area contributed by atoms with Gasteiger partial charge in [-0.1, -0.05) is 45.5 Å². The number of halogens is 1. The number of methoxy groups -OCH3 is 1. The van der Waals surface area contributed by atoms with Gasteiger partial charge in [-0.05, 0) is 58.9 Å². The molecule has 10 heteroatoms. The summed E-state index contributed by atoms with van der Waals surface area (Å²) in [5, 5.41) is 0. The molecular weight excluding hydrogens is 582 g/mol. The van der Waals surface area contributed by atoms with E-state index in [1.165, 1.54) is 11.7 Å². The van der Waals surface area contributed by atoms with Gasteiger partial charge in [0.15, 0.2) is 4.80 Å². The summed E-state index contributed by atoms with van der Waals surface area (Å²) in [4.78, 5) is 48.2. The van der Waals surface area contributed by atoms with Crippen LogP contribution in [0.2, 0.25) is 0 Å². The van der Waals surface area contributed by atoms with Crippen molar-refractivity contribution in [1.29, 1.82) is 0 Å². The highest BCUT2D eigenvalue weighted by atomic mass is 79.9. The molecule has 1 aromatic heterocycles. The zero-order chi connectivity index (χ0) is 28.2. The number of ether oxygens (including phenoxy) is 2. The van der Waals surface area contributed by atoms with E-state index in [1.807, 2.05) is 50.2 Å². The molecule has 2 aliphatic heterocycles. The van der Waals surface area contributed by atoms with E-state index in [0.29, 0.717) is 32.9 Å². The Morgan fingerprint density at radius 3 is 2.49 bits per heavy atom. The zero-order valence-electron chi connectivity index (χ0n) is 22.4.